The van der Waals surface area contributed by atoms with E-state index in [1.54, 1.807) is 24.4 Å². The molecule has 0 aliphatic carbocycles. The molecule has 2 N–H and O–H groups in total. The highest BCUT2D eigenvalue weighted by atomic mass is 16.4. The summed E-state index contributed by atoms with van der Waals surface area (Å²) in [4.78, 5) is 14.7. The van der Waals surface area contributed by atoms with Crippen molar-refractivity contribution in [2.75, 3.05) is 11.9 Å². The molecule has 4 nitrogen and oxygen atoms in total. The van der Waals surface area contributed by atoms with Crippen LogP contribution in [0.4, 0.5) is 11.4 Å². The van der Waals surface area contributed by atoms with Gasteiger partial charge in [0, 0.05) is 6.21 Å². The van der Waals surface area contributed by atoms with Crippen LogP contribution in [0.3, 0.4) is 0 Å². The van der Waals surface area contributed by atoms with Crippen LogP contribution in [-0.4, -0.2) is 23.8 Å². The molecule has 2 rings (SSSR count). The SMILES string of the molecule is O=C(O)c1ccc2c(c1)N=CCN2. The Morgan fingerprint density at radius 1 is 1.54 bits per heavy atom. The van der Waals surface area contributed by atoms with E-state index in [0.717, 1.165) is 5.69 Å². The summed E-state index contributed by atoms with van der Waals surface area (Å²) in [5, 5.41) is 11.8. The van der Waals surface area contributed by atoms with E-state index in [0.29, 0.717) is 12.2 Å². The van der Waals surface area contributed by atoms with Crippen molar-refractivity contribution in [1.29, 1.82) is 0 Å². The molecule has 1 aromatic carbocycles. The molecule has 0 unspecified atom stereocenters. The fourth-order valence-corrected chi connectivity index (χ4v) is 1.22. The Hall–Kier alpha value is -1.84. The minimum Gasteiger partial charge on any atom is -0.478 e. The first-order valence-corrected chi connectivity index (χ1v) is 3.91. The number of rotatable bonds is 1. The zero-order chi connectivity index (χ0) is 9.26. The summed E-state index contributed by atoms with van der Waals surface area (Å²) in [7, 11) is 0. The van der Waals surface area contributed by atoms with Gasteiger partial charge in [-0.3, -0.25) is 4.99 Å². The van der Waals surface area contributed by atoms with E-state index in [1.165, 1.54) is 0 Å². The highest BCUT2D eigenvalue weighted by molar-refractivity contribution is 5.91. The number of carboxylic acids is 1. The maximum Gasteiger partial charge on any atom is 0.335 e. The van der Waals surface area contributed by atoms with Crippen molar-refractivity contribution in [3.05, 3.63) is 23.8 Å². The Morgan fingerprint density at radius 2 is 2.38 bits per heavy atom. The van der Waals surface area contributed by atoms with Crippen LogP contribution < -0.4 is 5.32 Å². The Kier molecular flexibility index (Phi) is 1.73. The van der Waals surface area contributed by atoms with E-state index in [4.69, 9.17) is 5.11 Å². The lowest BCUT2D eigenvalue weighted by Crippen LogP contribution is -2.07. The lowest BCUT2D eigenvalue weighted by atomic mass is 10.1. The van der Waals surface area contributed by atoms with Gasteiger partial charge in [-0.2, -0.15) is 0 Å². The van der Waals surface area contributed by atoms with Crippen LogP contribution in [0, 0.1) is 0 Å². The van der Waals surface area contributed by atoms with Crippen molar-refractivity contribution >= 4 is 23.6 Å². The van der Waals surface area contributed by atoms with E-state index in [2.05, 4.69) is 10.3 Å². The monoisotopic (exact) mass is 176 g/mol. The molecule has 1 aliphatic heterocycles. The number of hydrogen-bond acceptors (Lipinski definition) is 3. The van der Waals surface area contributed by atoms with Crippen LogP contribution >= 0.6 is 0 Å². The molecule has 66 valence electrons. The molecule has 0 bridgehead atoms. The summed E-state index contributed by atoms with van der Waals surface area (Å²) in [5.41, 5.74) is 1.83. The predicted octanol–water partition coefficient (Wildman–Crippen LogP) is 1.51. The number of hydrogen-bond donors (Lipinski definition) is 2. The average molecular weight is 176 g/mol. The second-order valence-corrected chi connectivity index (χ2v) is 2.73. The number of anilines is 1. The Morgan fingerprint density at radius 3 is 3.15 bits per heavy atom. The van der Waals surface area contributed by atoms with Crippen LogP contribution in [-0.2, 0) is 0 Å². The van der Waals surface area contributed by atoms with Crippen molar-refractivity contribution in [1.82, 2.24) is 0 Å². The van der Waals surface area contributed by atoms with Gasteiger partial charge in [0.2, 0.25) is 0 Å². The topological polar surface area (TPSA) is 61.7 Å². The second-order valence-electron chi connectivity index (χ2n) is 2.73. The molecule has 0 atom stereocenters. The largest absolute Gasteiger partial charge is 0.478 e. The van der Waals surface area contributed by atoms with Crippen molar-refractivity contribution in [2.45, 2.75) is 0 Å². The summed E-state index contributed by atoms with van der Waals surface area (Å²) in [6.45, 7) is 0.694. The zero-order valence-electron chi connectivity index (χ0n) is 6.82. The van der Waals surface area contributed by atoms with E-state index in [1.807, 2.05) is 0 Å². The van der Waals surface area contributed by atoms with Crippen LogP contribution in [0.25, 0.3) is 0 Å². The number of benzene rings is 1. The van der Waals surface area contributed by atoms with Crippen molar-refractivity contribution in [2.24, 2.45) is 4.99 Å². The molecule has 0 spiro atoms. The molecule has 4 heteroatoms. The van der Waals surface area contributed by atoms with Gasteiger partial charge in [0.25, 0.3) is 0 Å². The molecule has 0 saturated heterocycles. The molecule has 0 radical (unpaired) electrons. The molecule has 0 fully saturated rings. The number of nitrogens with zero attached hydrogens (tertiary/aromatic N) is 1. The number of aliphatic imine (C=N–C) groups is 1. The summed E-state index contributed by atoms with van der Waals surface area (Å²) >= 11 is 0. The molecule has 0 aromatic heterocycles. The highest BCUT2D eigenvalue weighted by Gasteiger charge is 2.08. The first-order valence-electron chi connectivity index (χ1n) is 3.91. The fourth-order valence-electron chi connectivity index (χ4n) is 1.22. The summed E-state index contributed by atoms with van der Waals surface area (Å²) in [6.07, 6.45) is 1.72. The maximum atomic E-state index is 10.6. The van der Waals surface area contributed by atoms with Crippen LogP contribution in [0.1, 0.15) is 10.4 Å². The average Bonchev–Trinajstić information content (AvgIpc) is 2.17. The van der Waals surface area contributed by atoms with Gasteiger partial charge in [0.15, 0.2) is 0 Å². The van der Waals surface area contributed by atoms with E-state index < -0.39 is 5.97 Å². The van der Waals surface area contributed by atoms with E-state index in [9.17, 15) is 4.79 Å². The van der Waals surface area contributed by atoms with Gasteiger partial charge in [-0.25, -0.2) is 4.79 Å². The standard InChI is InChI=1S/C9H8N2O2/c12-9(13)6-1-2-7-8(5-6)11-4-3-10-7/h1-2,4-5,10H,3H2,(H,12,13). The Balaban J connectivity index is 2.48. The van der Waals surface area contributed by atoms with Crippen LogP contribution in [0.2, 0.25) is 0 Å². The Bertz CT molecular complexity index is 385. The minimum absolute atomic E-state index is 0.264. The molecule has 1 heterocycles. The predicted molar refractivity (Wildman–Crippen MR) is 50.0 cm³/mol. The van der Waals surface area contributed by atoms with Gasteiger partial charge in [-0.15, -0.1) is 0 Å². The van der Waals surface area contributed by atoms with E-state index >= 15 is 0 Å². The number of carbonyl (C=O) groups is 1. The third-order valence-corrected chi connectivity index (χ3v) is 1.86. The zero-order valence-corrected chi connectivity index (χ0v) is 6.82. The van der Waals surface area contributed by atoms with Gasteiger partial charge in [0.1, 0.15) is 0 Å². The number of fused-ring (bicyclic) bond motifs is 1. The van der Waals surface area contributed by atoms with Crippen molar-refractivity contribution in [3.63, 3.8) is 0 Å². The molecule has 13 heavy (non-hydrogen) atoms. The van der Waals surface area contributed by atoms with Crippen LogP contribution in [0.5, 0.6) is 0 Å². The van der Waals surface area contributed by atoms with Crippen LogP contribution in [0.15, 0.2) is 23.2 Å². The summed E-state index contributed by atoms with van der Waals surface area (Å²) in [5.74, 6) is -0.927. The number of nitrogens with one attached hydrogen (secondary N) is 1. The quantitative estimate of drug-likeness (QED) is 0.681. The number of carboxylic acid groups (broad SMARTS) is 1. The Labute approximate surface area is 74.9 Å². The molecule has 0 saturated carbocycles. The van der Waals surface area contributed by atoms with Crippen molar-refractivity contribution in [3.8, 4) is 0 Å². The summed E-state index contributed by atoms with van der Waals surface area (Å²) < 4.78 is 0. The second kappa shape index (κ2) is 2.90. The van der Waals surface area contributed by atoms with Gasteiger partial charge in [-0.1, -0.05) is 0 Å². The molecular formula is C9H8N2O2. The first-order chi connectivity index (χ1) is 6.27. The molecule has 1 aromatic rings. The third kappa shape index (κ3) is 1.38. The number of aromatic carboxylic acids is 1. The van der Waals surface area contributed by atoms with Crippen molar-refractivity contribution < 1.29 is 9.90 Å². The normalized spacial score (nSPS) is 13.2. The van der Waals surface area contributed by atoms with Gasteiger partial charge in [-0.05, 0) is 18.2 Å². The minimum atomic E-state index is -0.927. The molecule has 1 aliphatic rings. The van der Waals surface area contributed by atoms with Gasteiger partial charge >= 0.3 is 5.97 Å². The first kappa shape index (κ1) is 7.79. The van der Waals surface area contributed by atoms with Gasteiger partial charge < -0.3 is 10.4 Å². The fraction of sp³-hybridized carbons (Fsp3) is 0.111. The third-order valence-electron chi connectivity index (χ3n) is 1.86. The van der Waals surface area contributed by atoms with Gasteiger partial charge in [0.05, 0.1) is 23.5 Å². The molecular weight excluding hydrogens is 168 g/mol. The molecule has 0 amide bonds. The maximum absolute atomic E-state index is 10.6. The highest BCUT2D eigenvalue weighted by Crippen LogP contribution is 2.27. The summed E-state index contributed by atoms with van der Waals surface area (Å²) in [6, 6.07) is 4.85. The smallest absolute Gasteiger partial charge is 0.335 e. The lowest BCUT2D eigenvalue weighted by Gasteiger charge is -2.11. The van der Waals surface area contributed by atoms with E-state index in [-0.39, 0.29) is 5.56 Å². The lowest BCUT2D eigenvalue weighted by molar-refractivity contribution is 0.0697.